The normalized spacial score (nSPS) is 20.7. The van der Waals surface area contributed by atoms with Gasteiger partial charge in [0.25, 0.3) is 0 Å². The molecule has 1 atom stereocenters. The molecule has 2 aromatic carbocycles. The van der Waals surface area contributed by atoms with Crippen LogP contribution in [0.4, 0.5) is 11.5 Å². The molecular weight excluding hydrogens is 448 g/mol. The number of nitrogens with zero attached hydrogens (tertiary/aromatic N) is 2. The van der Waals surface area contributed by atoms with Crippen LogP contribution < -0.4 is 10.0 Å². The Kier molecular flexibility index (Phi) is 5.31. The minimum absolute atomic E-state index is 0.0356. The van der Waals surface area contributed by atoms with Crippen LogP contribution in [0.3, 0.4) is 0 Å². The highest BCUT2D eigenvalue weighted by atomic mass is 32.2. The van der Waals surface area contributed by atoms with E-state index in [9.17, 15) is 16.8 Å². The summed E-state index contributed by atoms with van der Waals surface area (Å²) in [6.07, 6.45) is 2.07. The number of aromatic nitrogens is 1. The first-order valence-electron chi connectivity index (χ1n) is 10.5. The van der Waals surface area contributed by atoms with Gasteiger partial charge in [-0.2, -0.15) is 12.7 Å². The van der Waals surface area contributed by atoms with Crippen molar-refractivity contribution in [2.45, 2.75) is 18.9 Å². The monoisotopic (exact) mass is 472 g/mol. The van der Waals surface area contributed by atoms with Crippen LogP contribution >= 0.6 is 0 Å². The predicted molar refractivity (Wildman–Crippen MR) is 126 cm³/mol. The minimum atomic E-state index is -3.82. The second-order valence-corrected chi connectivity index (χ2v) is 12.2. The SMILES string of the molecule is O=S1(=O)CCN(S(=O)(=O)Nc2ccc3nc(N[C@@H]4CCc5ccccc54)ccc3c2)CC1. The Morgan fingerprint density at radius 2 is 1.78 bits per heavy atom. The summed E-state index contributed by atoms with van der Waals surface area (Å²) in [4.78, 5) is 4.69. The third kappa shape index (κ3) is 4.30. The molecule has 0 amide bonds. The molecule has 1 aromatic heterocycles. The average molecular weight is 473 g/mol. The predicted octanol–water partition coefficient (Wildman–Crippen LogP) is 2.72. The van der Waals surface area contributed by atoms with E-state index in [1.54, 1.807) is 18.2 Å². The van der Waals surface area contributed by atoms with Gasteiger partial charge in [0, 0.05) is 18.5 Å². The highest BCUT2D eigenvalue weighted by Gasteiger charge is 2.30. The molecule has 8 nitrogen and oxygen atoms in total. The third-order valence-corrected chi connectivity index (χ3v) is 9.18. The summed E-state index contributed by atoms with van der Waals surface area (Å²) >= 11 is 0. The van der Waals surface area contributed by atoms with Gasteiger partial charge in [0.05, 0.1) is 28.8 Å². The molecule has 0 saturated carbocycles. The molecule has 168 valence electrons. The number of hydrogen-bond acceptors (Lipinski definition) is 6. The van der Waals surface area contributed by atoms with E-state index in [4.69, 9.17) is 0 Å². The van der Waals surface area contributed by atoms with Gasteiger partial charge in [0.15, 0.2) is 9.84 Å². The molecule has 0 unspecified atom stereocenters. The molecule has 0 radical (unpaired) electrons. The topological polar surface area (TPSA) is 108 Å². The van der Waals surface area contributed by atoms with Crippen molar-refractivity contribution in [3.8, 4) is 0 Å². The minimum Gasteiger partial charge on any atom is -0.363 e. The van der Waals surface area contributed by atoms with E-state index in [2.05, 4.69) is 39.3 Å². The van der Waals surface area contributed by atoms with Crippen LogP contribution in [0, 0.1) is 0 Å². The average Bonchev–Trinajstić information content (AvgIpc) is 3.16. The first-order valence-corrected chi connectivity index (χ1v) is 13.8. The molecule has 5 rings (SSSR count). The molecule has 0 spiro atoms. The van der Waals surface area contributed by atoms with Crippen molar-refractivity contribution in [3.63, 3.8) is 0 Å². The van der Waals surface area contributed by atoms with E-state index >= 15 is 0 Å². The van der Waals surface area contributed by atoms with E-state index in [0.717, 1.165) is 29.6 Å². The number of aryl methyl sites for hydroxylation is 1. The first-order chi connectivity index (χ1) is 15.3. The maximum Gasteiger partial charge on any atom is 0.301 e. The Morgan fingerprint density at radius 3 is 2.59 bits per heavy atom. The van der Waals surface area contributed by atoms with E-state index in [-0.39, 0.29) is 30.6 Å². The van der Waals surface area contributed by atoms with Gasteiger partial charge >= 0.3 is 10.2 Å². The standard InChI is InChI=1S/C22H24N4O4S2/c27-31(28)13-11-26(12-14-31)32(29,30)25-18-7-9-20-17(15-18)6-10-22(23-20)24-21-8-5-16-3-1-2-4-19(16)21/h1-4,6-7,9-10,15,21,25H,5,8,11-14H2,(H,23,24)/t21-/m1/s1. The van der Waals surface area contributed by atoms with Crippen LogP contribution in [0.2, 0.25) is 0 Å². The summed E-state index contributed by atoms with van der Waals surface area (Å²) in [6.45, 7) is -0.0712. The molecule has 1 saturated heterocycles. The zero-order valence-electron chi connectivity index (χ0n) is 17.4. The zero-order valence-corrected chi connectivity index (χ0v) is 19.0. The number of fused-ring (bicyclic) bond motifs is 2. The highest BCUT2D eigenvalue weighted by Crippen LogP contribution is 2.33. The molecule has 1 aliphatic heterocycles. The second-order valence-electron chi connectivity index (χ2n) is 8.20. The van der Waals surface area contributed by atoms with Crippen molar-refractivity contribution in [2.24, 2.45) is 0 Å². The molecule has 3 aromatic rings. The van der Waals surface area contributed by atoms with Gasteiger partial charge in [-0.1, -0.05) is 24.3 Å². The third-order valence-electron chi connectivity index (χ3n) is 6.03. The summed E-state index contributed by atoms with van der Waals surface area (Å²) < 4.78 is 52.2. The number of sulfone groups is 1. The number of rotatable bonds is 5. The Morgan fingerprint density at radius 1 is 1.00 bits per heavy atom. The van der Waals surface area contributed by atoms with Crippen molar-refractivity contribution in [1.29, 1.82) is 0 Å². The molecule has 32 heavy (non-hydrogen) atoms. The summed E-state index contributed by atoms with van der Waals surface area (Å²) in [5, 5.41) is 4.32. The first kappa shape index (κ1) is 21.2. The second kappa shape index (κ2) is 8.02. The van der Waals surface area contributed by atoms with Gasteiger partial charge in [-0.15, -0.1) is 0 Å². The Hall–Kier alpha value is -2.69. The number of hydrogen-bond donors (Lipinski definition) is 2. The lowest BCUT2D eigenvalue weighted by Gasteiger charge is -2.26. The summed E-state index contributed by atoms with van der Waals surface area (Å²) in [5.41, 5.74) is 3.85. The molecule has 2 heterocycles. The Bertz CT molecular complexity index is 1380. The van der Waals surface area contributed by atoms with Crippen LogP contribution in [0.1, 0.15) is 23.6 Å². The van der Waals surface area contributed by atoms with E-state index in [1.807, 2.05) is 12.1 Å². The van der Waals surface area contributed by atoms with Crippen LogP contribution in [0.5, 0.6) is 0 Å². The summed E-state index contributed by atoms with van der Waals surface area (Å²) in [7, 11) is -6.98. The van der Waals surface area contributed by atoms with Gasteiger partial charge in [-0.25, -0.2) is 13.4 Å². The molecule has 2 N–H and O–H groups in total. The number of nitrogens with one attached hydrogen (secondary N) is 2. The van der Waals surface area contributed by atoms with Crippen molar-refractivity contribution in [1.82, 2.24) is 9.29 Å². The Balaban J connectivity index is 1.31. The highest BCUT2D eigenvalue weighted by molar-refractivity contribution is 7.92. The fraction of sp³-hybridized carbons (Fsp3) is 0.318. The molecule has 1 aliphatic carbocycles. The number of benzene rings is 2. The Labute approximate surface area is 187 Å². The van der Waals surface area contributed by atoms with E-state index < -0.39 is 20.0 Å². The largest absolute Gasteiger partial charge is 0.363 e. The lowest BCUT2D eigenvalue weighted by atomic mass is 10.1. The van der Waals surface area contributed by atoms with Crippen molar-refractivity contribution < 1.29 is 16.8 Å². The van der Waals surface area contributed by atoms with Gasteiger partial charge in [-0.3, -0.25) is 4.72 Å². The zero-order chi connectivity index (χ0) is 22.3. The quantitative estimate of drug-likeness (QED) is 0.591. The van der Waals surface area contributed by atoms with Crippen LogP contribution in [-0.2, 0) is 26.5 Å². The maximum atomic E-state index is 12.6. The lowest BCUT2D eigenvalue weighted by molar-refractivity contribution is 0.434. The van der Waals surface area contributed by atoms with E-state index in [1.165, 1.54) is 15.4 Å². The van der Waals surface area contributed by atoms with Gasteiger partial charge in [-0.05, 0) is 54.3 Å². The number of pyridine rings is 1. The van der Waals surface area contributed by atoms with Crippen LogP contribution in [-0.4, -0.2) is 50.7 Å². The fourth-order valence-electron chi connectivity index (χ4n) is 4.30. The molecule has 10 heteroatoms. The van der Waals surface area contributed by atoms with E-state index in [0.29, 0.717) is 5.69 Å². The van der Waals surface area contributed by atoms with Crippen LogP contribution in [0.25, 0.3) is 10.9 Å². The summed E-state index contributed by atoms with van der Waals surface area (Å²) in [6, 6.07) is 17.7. The summed E-state index contributed by atoms with van der Waals surface area (Å²) in [5.74, 6) is 0.468. The fourth-order valence-corrected chi connectivity index (χ4v) is 6.95. The van der Waals surface area contributed by atoms with Crippen molar-refractivity contribution >= 4 is 42.5 Å². The maximum absolute atomic E-state index is 12.6. The molecular formula is C22H24N4O4S2. The van der Waals surface area contributed by atoms with Crippen molar-refractivity contribution in [3.05, 3.63) is 65.7 Å². The lowest BCUT2D eigenvalue weighted by Crippen LogP contribution is -2.45. The van der Waals surface area contributed by atoms with Crippen LogP contribution in [0.15, 0.2) is 54.6 Å². The van der Waals surface area contributed by atoms with Crippen molar-refractivity contribution in [2.75, 3.05) is 34.6 Å². The molecule has 2 aliphatic rings. The molecule has 1 fully saturated rings. The molecule has 0 bridgehead atoms. The number of anilines is 2. The van der Waals surface area contributed by atoms with Gasteiger partial charge in [0.1, 0.15) is 5.82 Å². The van der Waals surface area contributed by atoms with Gasteiger partial charge < -0.3 is 5.32 Å². The van der Waals surface area contributed by atoms with Gasteiger partial charge in [0.2, 0.25) is 0 Å². The smallest absolute Gasteiger partial charge is 0.301 e.